The van der Waals surface area contributed by atoms with Crippen LogP contribution in [0.5, 0.6) is 0 Å². The Morgan fingerprint density at radius 1 is 0.288 bits per heavy atom. The van der Waals surface area contributed by atoms with Crippen LogP contribution in [0.3, 0.4) is 0 Å². The van der Waals surface area contributed by atoms with Gasteiger partial charge in [0.25, 0.3) is 0 Å². The van der Waals surface area contributed by atoms with Crippen LogP contribution in [0.25, 0.3) is 0 Å². The number of esters is 3. The summed E-state index contributed by atoms with van der Waals surface area (Å²) in [5.41, 5.74) is 0. The van der Waals surface area contributed by atoms with E-state index in [9.17, 15) is 14.4 Å². The molecular formula is C60H116O6. The number of hydrogen-bond acceptors (Lipinski definition) is 6. The van der Waals surface area contributed by atoms with Crippen molar-refractivity contribution < 1.29 is 28.6 Å². The lowest BCUT2D eigenvalue weighted by molar-refractivity contribution is -0.167. The first-order valence-corrected chi connectivity index (χ1v) is 29.9. The fraction of sp³-hybridized carbons (Fsp3) is 0.950. The van der Waals surface area contributed by atoms with Crippen molar-refractivity contribution in [2.24, 2.45) is 5.92 Å². The van der Waals surface area contributed by atoms with Crippen LogP contribution in [0.15, 0.2) is 0 Å². The van der Waals surface area contributed by atoms with Crippen molar-refractivity contribution in [2.45, 2.75) is 348 Å². The molecule has 0 aliphatic rings. The van der Waals surface area contributed by atoms with E-state index in [4.69, 9.17) is 14.2 Å². The van der Waals surface area contributed by atoms with Crippen LogP contribution in [-0.2, 0) is 28.6 Å². The molecule has 0 saturated heterocycles. The Morgan fingerprint density at radius 2 is 0.500 bits per heavy atom. The van der Waals surface area contributed by atoms with Gasteiger partial charge in [0, 0.05) is 19.3 Å². The molecule has 0 aromatic heterocycles. The lowest BCUT2D eigenvalue weighted by Crippen LogP contribution is -2.30. The highest BCUT2D eigenvalue weighted by Crippen LogP contribution is 2.18. The van der Waals surface area contributed by atoms with Crippen LogP contribution < -0.4 is 0 Å². The van der Waals surface area contributed by atoms with Crippen LogP contribution in [0.2, 0.25) is 0 Å². The molecule has 0 aliphatic carbocycles. The number of hydrogen-bond donors (Lipinski definition) is 0. The van der Waals surface area contributed by atoms with E-state index in [1.165, 1.54) is 238 Å². The Bertz CT molecular complexity index is 996. The number of carbonyl (C=O) groups is 3. The average molecular weight is 934 g/mol. The minimum Gasteiger partial charge on any atom is -0.462 e. The normalized spacial score (nSPS) is 12.0. The number of carbonyl (C=O) groups excluding carboxylic acids is 3. The van der Waals surface area contributed by atoms with Crippen molar-refractivity contribution in [1.29, 1.82) is 0 Å². The van der Waals surface area contributed by atoms with Gasteiger partial charge < -0.3 is 14.2 Å². The summed E-state index contributed by atoms with van der Waals surface area (Å²) < 4.78 is 16.9. The molecule has 0 unspecified atom stereocenters. The summed E-state index contributed by atoms with van der Waals surface area (Å²) in [5.74, 6) is 0.0113. The maximum Gasteiger partial charge on any atom is 0.306 e. The predicted octanol–water partition coefficient (Wildman–Crippen LogP) is 19.8. The maximum absolute atomic E-state index is 12.9. The van der Waals surface area contributed by atoms with Gasteiger partial charge in [-0.25, -0.2) is 0 Å². The second-order valence-corrected chi connectivity index (χ2v) is 21.1. The summed E-state index contributed by atoms with van der Waals surface area (Å²) in [6.07, 6.45) is 59.5. The van der Waals surface area contributed by atoms with Crippen LogP contribution in [0.4, 0.5) is 0 Å². The van der Waals surface area contributed by atoms with Gasteiger partial charge in [-0.15, -0.1) is 0 Å². The van der Waals surface area contributed by atoms with E-state index in [1.54, 1.807) is 0 Å². The fourth-order valence-electron chi connectivity index (χ4n) is 9.28. The van der Waals surface area contributed by atoms with E-state index < -0.39 is 6.10 Å². The third kappa shape index (κ3) is 53.4. The first-order valence-electron chi connectivity index (χ1n) is 29.9. The van der Waals surface area contributed by atoms with Crippen LogP contribution in [0.1, 0.15) is 342 Å². The molecule has 6 nitrogen and oxygen atoms in total. The Hall–Kier alpha value is -1.59. The van der Waals surface area contributed by atoms with E-state index in [2.05, 4.69) is 27.7 Å². The van der Waals surface area contributed by atoms with Crippen molar-refractivity contribution in [3.8, 4) is 0 Å². The molecule has 0 aromatic carbocycles. The predicted molar refractivity (Wildman–Crippen MR) is 284 cm³/mol. The van der Waals surface area contributed by atoms with Crippen LogP contribution in [0, 0.1) is 5.92 Å². The number of unbranched alkanes of at least 4 members (excludes halogenated alkanes) is 42. The lowest BCUT2D eigenvalue weighted by atomic mass is 10.0. The molecule has 0 rings (SSSR count). The Balaban J connectivity index is 4.26. The molecule has 0 aromatic rings. The Morgan fingerprint density at radius 3 is 0.742 bits per heavy atom. The third-order valence-corrected chi connectivity index (χ3v) is 13.8. The zero-order chi connectivity index (χ0) is 48.1. The molecule has 0 fully saturated rings. The number of rotatable bonds is 55. The molecular weight excluding hydrogens is 817 g/mol. The minimum absolute atomic E-state index is 0.0617. The van der Waals surface area contributed by atoms with Crippen molar-refractivity contribution >= 4 is 17.9 Å². The zero-order valence-electron chi connectivity index (χ0n) is 45.2. The van der Waals surface area contributed by atoms with Gasteiger partial charge in [0.2, 0.25) is 0 Å². The second-order valence-electron chi connectivity index (χ2n) is 21.1. The van der Waals surface area contributed by atoms with Crippen molar-refractivity contribution in [1.82, 2.24) is 0 Å². The highest BCUT2D eigenvalue weighted by molar-refractivity contribution is 5.71. The van der Waals surface area contributed by atoms with Gasteiger partial charge in [0.1, 0.15) is 13.2 Å². The molecule has 0 aliphatic heterocycles. The molecule has 0 spiro atoms. The molecule has 0 N–H and O–H groups in total. The van der Waals surface area contributed by atoms with E-state index >= 15 is 0 Å². The number of ether oxygens (including phenoxy) is 3. The van der Waals surface area contributed by atoms with Gasteiger partial charge in [-0.2, -0.15) is 0 Å². The summed E-state index contributed by atoms with van der Waals surface area (Å²) in [5, 5.41) is 0. The van der Waals surface area contributed by atoms with Crippen molar-refractivity contribution in [2.75, 3.05) is 13.2 Å². The fourth-order valence-corrected chi connectivity index (χ4v) is 9.28. The minimum atomic E-state index is -0.762. The van der Waals surface area contributed by atoms with Gasteiger partial charge in [-0.3, -0.25) is 14.4 Å². The third-order valence-electron chi connectivity index (χ3n) is 13.8. The average Bonchev–Trinajstić information content (AvgIpc) is 3.30. The largest absolute Gasteiger partial charge is 0.462 e. The van der Waals surface area contributed by atoms with Crippen LogP contribution in [-0.4, -0.2) is 37.2 Å². The summed E-state index contributed by atoms with van der Waals surface area (Å²) in [4.78, 5) is 38.2. The molecule has 392 valence electrons. The molecule has 1 atom stereocenters. The maximum atomic E-state index is 12.9. The summed E-state index contributed by atoms with van der Waals surface area (Å²) >= 11 is 0. The highest BCUT2D eigenvalue weighted by atomic mass is 16.6. The van der Waals surface area contributed by atoms with E-state index in [0.717, 1.165) is 63.7 Å². The van der Waals surface area contributed by atoms with Gasteiger partial charge in [-0.05, 0) is 25.2 Å². The first kappa shape index (κ1) is 64.4. The molecule has 66 heavy (non-hydrogen) atoms. The zero-order valence-corrected chi connectivity index (χ0v) is 45.2. The van der Waals surface area contributed by atoms with Gasteiger partial charge in [0.05, 0.1) is 0 Å². The smallest absolute Gasteiger partial charge is 0.306 e. The molecule has 0 saturated carbocycles. The Labute approximate surface area is 412 Å². The summed E-state index contributed by atoms with van der Waals surface area (Å²) in [6.45, 7) is 9.07. The molecule has 0 heterocycles. The monoisotopic (exact) mass is 933 g/mol. The van der Waals surface area contributed by atoms with Gasteiger partial charge in [0.15, 0.2) is 6.10 Å². The van der Waals surface area contributed by atoms with E-state index in [-0.39, 0.29) is 31.1 Å². The molecule has 0 amide bonds. The van der Waals surface area contributed by atoms with Crippen molar-refractivity contribution in [3.63, 3.8) is 0 Å². The van der Waals surface area contributed by atoms with Gasteiger partial charge in [-0.1, -0.05) is 304 Å². The SMILES string of the molecule is CCCCCCCCCCCCCCCCCCCCCC(=O)O[C@H](COC(=O)CCCCCCCCCCCCCC)COC(=O)CCCCCCCCCCCCCCCCC(C)C. The van der Waals surface area contributed by atoms with E-state index in [0.29, 0.717) is 19.3 Å². The summed E-state index contributed by atoms with van der Waals surface area (Å²) in [7, 11) is 0. The molecule has 0 radical (unpaired) electrons. The van der Waals surface area contributed by atoms with E-state index in [1.807, 2.05) is 0 Å². The Kier molecular flexibility index (Phi) is 53.0. The molecule has 0 bridgehead atoms. The van der Waals surface area contributed by atoms with Crippen LogP contribution >= 0.6 is 0 Å². The summed E-state index contributed by atoms with van der Waals surface area (Å²) in [6, 6.07) is 0. The van der Waals surface area contributed by atoms with Gasteiger partial charge >= 0.3 is 17.9 Å². The second kappa shape index (κ2) is 54.4. The van der Waals surface area contributed by atoms with Crippen molar-refractivity contribution in [3.05, 3.63) is 0 Å². The lowest BCUT2D eigenvalue weighted by Gasteiger charge is -2.18. The molecule has 6 heteroatoms. The topological polar surface area (TPSA) is 78.9 Å². The highest BCUT2D eigenvalue weighted by Gasteiger charge is 2.19. The standard InChI is InChI=1S/C60H116O6/c1-5-7-9-11-13-15-17-19-20-21-22-23-24-29-33-37-41-45-49-53-60(63)66-57(54-64-58(61)51-47-43-39-35-31-18-16-14-12-10-8-6-2)55-65-59(62)52-48-44-40-36-32-28-26-25-27-30-34-38-42-46-50-56(3)4/h56-57H,5-55H2,1-4H3/t57-/m1/s1. The first-order chi connectivity index (χ1) is 32.4. The quantitative estimate of drug-likeness (QED) is 0.0343.